The van der Waals surface area contributed by atoms with E-state index in [4.69, 9.17) is 9.47 Å². The SMILES string of the molecule is CC(C#CC(C)(C)c1ccc2[nH]c3cnc(C(=O)OC(C)(C)C)cc3c2c1)c1ccc2[nH]c3cnc(C(=O)OC(C)(C)C)cc3c2c1. The van der Waals surface area contributed by atoms with E-state index in [1.165, 1.54) is 0 Å². The van der Waals surface area contributed by atoms with Crippen LogP contribution in [0.15, 0.2) is 60.9 Å². The normalized spacial score (nSPS) is 13.1. The molecule has 0 radical (unpaired) electrons. The summed E-state index contributed by atoms with van der Waals surface area (Å²) in [6, 6.07) is 16.1. The van der Waals surface area contributed by atoms with Crippen molar-refractivity contribution in [1.29, 1.82) is 0 Å². The highest BCUT2D eigenvalue weighted by molar-refractivity contribution is 6.10. The number of nitrogens with zero attached hydrogens (tertiary/aromatic N) is 2. The summed E-state index contributed by atoms with van der Waals surface area (Å²) in [5.41, 5.74) is 4.65. The van der Waals surface area contributed by atoms with Crippen LogP contribution in [0.5, 0.6) is 0 Å². The molecule has 0 amide bonds. The van der Waals surface area contributed by atoms with Gasteiger partial charge in [0.15, 0.2) is 0 Å². The van der Waals surface area contributed by atoms with Crippen molar-refractivity contribution in [3.8, 4) is 11.8 Å². The molecule has 0 aliphatic heterocycles. The largest absolute Gasteiger partial charge is 0.455 e. The summed E-state index contributed by atoms with van der Waals surface area (Å²) in [5.74, 6) is 6.09. The minimum Gasteiger partial charge on any atom is -0.455 e. The molecule has 8 heteroatoms. The highest BCUT2D eigenvalue weighted by Crippen LogP contribution is 2.33. The second-order valence-electron chi connectivity index (χ2n) is 14.7. The number of benzene rings is 2. The van der Waals surface area contributed by atoms with Crippen molar-refractivity contribution in [1.82, 2.24) is 19.9 Å². The molecule has 6 aromatic rings. The van der Waals surface area contributed by atoms with Gasteiger partial charge in [-0.05, 0) is 110 Å². The lowest BCUT2D eigenvalue weighted by Gasteiger charge is -2.19. The number of hydrogen-bond acceptors (Lipinski definition) is 6. The summed E-state index contributed by atoms with van der Waals surface area (Å²) in [7, 11) is 0. The highest BCUT2D eigenvalue weighted by atomic mass is 16.6. The smallest absolute Gasteiger partial charge is 0.357 e. The zero-order valence-electron chi connectivity index (χ0n) is 28.4. The fourth-order valence-electron chi connectivity index (χ4n) is 5.60. The highest BCUT2D eigenvalue weighted by Gasteiger charge is 2.23. The topological polar surface area (TPSA) is 110 Å². The maximum Gasteiger partial charge on any atom is 0.357 e. The van der Waals surface area contributed by atoms with Crippen molar-refractivity contribution in [2.24, 2.45) is 0 Å². The minimum atomic E-state index is -0.606. The summed E-state index contributed by atoms with van der Waals surface area (Å²) in [4.78, 5) is 40.9. The molecule has 4 heterocycles. The average Bonchev–Trinajstić information content (AvgIpc) is 3.54. The number of aromatic amines is 2. The van der Waals surface area contributed by atoms with Gasteiger partial charge in [-0.3, -0.25) is 0 Å². The Morgan fingerprint density at radius 2 is 1.13 bits per heavy atom. The number of ether oxygens (including phenoxy) is 2. The van der Waals surface area contributed by atoms with Crippen LogP contribution in [-0.2, 0) is 14.9 Å². The number of rotatable bonds is 4. The van der Waals surface area contributed by atoms with Crippen LogP contribution >= 0.6 is 0 Å². The number of carbonyl (C=O) groups excluding carboxylic acids is 2. The maximum absolute atomic E-state index is 12.7. The summed E-state index contributed by atoms with van der Waals surface area (Å²) >= 11 is 0. The van der Waals surface area contributed by atoms with E-state index < -0.39 is 28.6 Å². The third kappa shape index (κ3) is 6.57. The van der Waals surface area contributed by atoms with E-state index in [0.717, 1.165) is 54.7 Å². The zero-order chi connectivity index (χ0) is 33.9. The van der Waals surface area contributed by atoms with Gasteiger partial charge in [-0.1, -0.05) is 24.0 Å². The van der Waals surface area contributed by atoms with Crippen LogP contribution in [0.3, 0.4) is 0 Å². The van der Waals surface area contributed by atoms with Gasteiger partial charge in [-0.2, -0.15) is 0 Å². The molecule has 0 aliphatic carbocycles. The molecule has 0 fully saturated rings. The second-order valence-corrected chi connectivity index (χ2v) is 14.7. The predicted octanol–water partition coefficient (Wildman–Crippen LogP) is 8.74. The van der Waals surface area contributed by atoms with E-state index in [1.807, 2.05) is 47.6 Å². The quantitative estimate of drug-likeness (QED) is 0.149. The molecule has 2 aromatic carbocycles. The molecule has 0 spiro atoms. The Kier molecular flexibility index (Phi) is 7.63. The van der Waals surface area contributed by atoms with Crippen LogP contribution in [0.2, 0.25) is 0 Å². The van der Waals surface area contributed by atoms with Crippen molar-refractivity contribution in [3.63, 3.8) is 0 Å². The lowest BCUT2D eigenvalue weighted by atomic mass is 9.84. The summed E-state index contributed by atoms with van der Waals surface area (Å²) in [6.45, 7) is 17.4. The van der Waals surface area contributed by atoms with E-state index in [1.54, 1.807) is 24.5 Å². The fourth-order valence-corrected chi connectivity index (χ4v) is 5.60. The van der Waals surface area contributed by atoms with E-state index in [-0.39, 0.29) is 17.3 Å². The Morgan fingerprint density at radius 1 is 0.660 bits per heavy atom. The Labute approximate surface area is 274 Å². The molecule has 1 atom stereocenters. The Hall–Kier alpha value is -5.16. The molecule has 0 bridgehead atoms. The lowest BCUT2D eigenvalue weighted by Crippen LogP contribution is -2.24. The summed E-state index contributed by atoms with van der Waals surface area (Å²) in [6.07, 6.45) is 3.36. The van der Waals surface area contributed by atoms with E-state index in [9.17, 15) is 9.59 Å². The van der Waals surface area contributed by atoms with Crippen molar-refractivity contribution in [3.05, 3.63) is 83.4 Å². The Balaban J connectivity index is 1.30. The molecule has 2 N–H and O–H groups in total. The first-order valence-electron chi connectivity index (χ1n) is 15.8. The maximum atomic E-state index is 12.7. The first-order chi connectivity index (χ1) is 22.0. The van der Waals surface area contributed by atoms with Gasteiger partial charge in [0.05, 0.1) is 28.8 Å². The van der Waals surface area contributed by atoms with Gasteiger partial charge in [-0.25, -0.2) is 19.6 Å². The molecule has 0 saturated heterocycles. The number of nitrogens with one attached hydrogen (secondary N) is 2. The van der Waals surface area contributed by atoms with Crippen LogP contribution in [0.4, 0.5) is 0 Å². The van der Waals surface area contributed by atoms with Gasteiger partial charge in [0.1, 0.15) is 22.6 Å². The molecule has 240 valence electrons. The number of hydrogen-bond donors (Lipinski definition) is 2. The number of esters is 2. The van der Waals surface area contributed by atoms with Gasteiger partial charge in [0, 0.05) is 38.5 Å². The molecule has 47 heavy (non-hydrogen) atoms. The second kappa shape index (κ2) is 11.3. The monoisotopic (exact) mass is 628 g/mol. The molecule has 0 aliphatic rings. The van der Waals surface area contributed by atoms with Gasteiger partial charge in [-0.15, -0.1) is 0 Å². The number of H-pyrrole nitrogens is 2. The molecule has 6 rings (SSSR count). The number of fused-ring (bicyclic) bond motifs is 6. The summed E-state index contributed by atoms with van der Waals surface area (Å²) < 4.78 is 11.1. The van der Waals surface area contributed by atoms with Crippen LogP contribution in [0.25, 0.3) is 43.6 Å². The van der Waals surface area contributed by atoms with Crippen molar-refractivity contribution < 1.29 is 19.1 Å². The first-order valence-corrected chi connectivity index (χ1v) is 15.8. The minimum absolute atomic E-state index is 0.0462. The third-order valence-corrected chi connectivity index (χ3v) is 8.03. The molecular weight excluding hydrogens is 588 g/mol. The van der Waals surface area contributed by atoms with Crippen LogP contribution < -0.4 is 0 Å². The van der Waals surface area contributed by atoms with Crippen LogP contribution in [-0.4, -0.2) is 43.1 Å². The molecule has 1 unspecified atom stereocenters. The van der Waals surface area contributed by atoms with Crippen molar-refractivity contribution >= 4 is 55.6 Å². The lowest BCUT2D eigenvalue weighted by molar-refractivity contribution is 0.00507. The molecule has 8 nitrogen and oxygen atoms in total. The first kappa shape index (κ1) is 31.8. The fraction of sp³-hybridized carbons (Fsp3) is 0.333. The van der Waals surface area contributed by atoms with Crippen LogP contribution in [0.1, 0.15) is 100 Å². The third-order valence-electron chi connectivity index (χ3n) is 8.03. The molecule has 0 saturated carbocycles. The Bertz CT molecular complexity index is 2270. The number of aromatic nitrogens is 4. The van der Waals surface area contributed by atoms with E-state index in [0.29, 0.717) is 0 Å². The zero-order valence-corrected chi connectivity index (χ0v) is 28.4. The Morgan fingerprint density at radius 3 is 1.64 bits per heavy atom. The number of pyridine rings is 2. The standard InChI is InChI=1S/C39H40N4O4/c1-22(23-10-12-29-25(16-23)27-18-31(40-20-33(27)42-29)35(44)46-37(2,3)4)14-15-39(8,9)24-11-13-30-26(17-24)28-19-32(41-21-34(28)43-30)36(45)47-38(5,6)7/h10-13,16-22,42-43H,1-9H3. The van der Waals surface area contributed by atoms with Gasteiger partial charge >= 0.3 is 11.9 Å². The number of carbonyl (C=O) groups is 2. The summed E-state index contributed by atoms with van der Waals surface area (Å²) in [5, 5.41) is 3.82. The van der Waals surface area contributed by atoms with E-state index >= 15 is 0 Å². The van der Waals surface area contributed by atoms with Gasteiger partial charge in [0.25, 0.3) is 0 Å². The van der Waals surface area contributed by atoms with E-state index in [2.05, 4.69) is 82.9 Å². The average molecular weight is 629 g/mol. The van der Waals surface area contributed by atoms with Gasteiger partial charge < -0.3 is 19.4 Å². The predicted molar refractivity (Wildman–Crippen MR) is 187 cm³/mol. The van der Waals surface area contributed by atoms with Crippen molar-refractivity contribution in [2.45, 2.75) is 84.8 Å². The van der Waals surface area contributed by atoms with Gasteiger partial charge in [0.2, 0.25) is 0 Å². The van der Waals surface area contributed by atoms with Crippen molar-refractivity contribution in [2.75, 3.05) is 0 Å². The van der Waals surface area contributed by atoms with Crippen LogP contribution in [0, 0.1) is 11.8 Å². The molecule has 4 aromatic heterocycles. The molecular formula is C39H40N4O4.